The Morgan fingerprint density at radius 3 is 2.40 bits per heavy atom. The van der Waals surface area contributed by atoms with Crippen LogP contribution in [0, 0.1) is 5.92 Å². The van der Waals surface area contributed by atoms with E-state index in [9.17, 15) is 9.90 Å². The van der Waals surface area contributed by atoms with Gasteiger partial charge < -0.3 is 25.0 Å². The van der Waals surface area contributed by atoms with Crippen LogP contribution >= 0.6 is 23.2 Å². The lowest BCUT2D eigenvalue weighted by atomic mass is 9.93. The highest BCUT2D eigenvalue weighted by Crippen LogP contribution is 2.36. The number of hydrogen-bond donors (Lipinski definition) is 2. The number of nitrogens with zero attached hydrogens (tertiary/aromatic N) is 2. The average molecular weight is 521 g/mol. The maximum absolute atomic E-state index is 12.9. The molecule has 4 rings (SSSR count). The summed E-state index contributed by atoms with van der Waals surface area (Å²) in [6.45, 7) is 9.91. The Balaban J connectivity index is 1.49. The number of carbonyl (C=O) groups is 1. The number of hydrogen-bond acceptors (Lipinski definition) is 5. The first-order valence-electron chi connectivity index (χ1n) is 12.3. The molecule has 2 aromatic carbocycles. The first-order chi connectivity index (χ1) is 16.6. The molecule has 1 unspecified atom stereocenters. The normalized spacial score (nSPS) is 18.5. The van der Waals surface area contributed by atoms with Gasteiger partial charge in [0.1, 0.15) is 0 Å². The van der Waals surface area contributed by atoms with Gasteiger partial charge in [-0.3, -0.25) is 4.79 Å². The zero-order chi connectivity index (χ0) is 25.2. The van der Waals surface area contributed by atoms with Crippen molar-refractivity contribution in [3.8, 4) is 0 Å². The van der Waals surface area contributed by atoms with E-state index in [1.807, 2.05) is 30.0 Å². The molecule has 0 bridgehead atoms. The number of amides is 1. The van der Waals surface area contributed by atoms with Crippen molar-refractivity contribution in [1.29, 1.82) is 0 Å². The summed E-state index contributed by atoms with van der Waals surface area (Å²) in [5.41, 5.74) is 2.68. The monoisotopic (exact) mass is 519 g/mol. The Bertz CT molecular complexity index is 1040. The molecule has 35 heavy (non-hydrogen) atoms. The highest BCUT2D eigenvalue weighted by molar-refractivity contribution is 6.35. The molecule has 2 aromatic rings. The molecule has 0 aromatic heterocycles. The molecular weight excluding hydrogens is 485 g/mol. The number of carbonyl (C=O) groups excluding carboxylic acids is 1. The second-order valence-electron chi connectivity index (χ2n) is 10.0. The number of rotatable bonds is 6. The fourth-order valence-electron chi connectivity index (χ4n) is 4.97. The van der Waals surface area contributed by atoms with Gasteiger partial charge in [0.25, 0.3) is 0 Å². The molecule has 0 spiro atoms. The minimum absolute atomic E-state index is 0.0738. The third-order valence-electron chi connectivity index (χ3n) is 7.00. The summed E-state index contributed by atoms with van der Waals surface area (Å²) in [5, 5.41) is 15.6. The van der Waals surface area contributed by atoms with E-state index in [1.54, 1.807) is 19.9 Å². The predicted molar refractivity (Wildman–Crippen MR) is 143 cm³/mol. The first kappa shape index (κ1) is 26.1. The van der Waals surface area contributed by atoms with Gasteiger partial charge in [-0.1, -0.05) is 35.3 Å². The fourth-order valence-corrected chi connectivity index (χ4v) is 5.54. The molecule has 2 N–H and O–H groups in total. The largest absolute Gasteiger partial charge is 0.386 e. The van der Waals surface area contributed by atoms with Gasteiger partial charge in [0.15, 0.2) is 0 Å². The topological polar surface area (TPSA) is 65.0 Å². The second kappa shape index (κ2) is 11.0. The molecule has 2 aliphatic heterocycles. The van der Waals surface area contributed by atoms with Crippen LogP contribution in [0.5, 0.6) is 0 Å². The molecule has 0 saturated carbocycles. The number of piperidine rings is 1. The Morgan fingerprint density at radius 2 is 1.77 bits per heavy atom. The van der Waals surface area contributed by atoms with Crippen molar-refractivity contribution >= 4 is 40.5 Å². The van der Waals surface area contributed by atoms with Crippen LogP contribution in [0.25, 0.3) is 0 Å². The van der Waals surface area contributed by atoms with E-state index in [4.69, 9.17) is 27.9 Å². The van der Waals surface area contributed by atoms with E-state index >= 15 is 0 Å². The van der Waals surface area contributed by atoms with Gasteiger partial charge in [0.2, 0.25) is 5.91 Å². The summed E-state index contributed by atoms with van der Waals surface area (Å²) in [7, 11) is 0. The molecule has 0 aliphatic carbocycles. The van der Waals surface area contributed by atoms with Crippen molar-refractivity contribution in [2.45, 2.75) is 45.3 Å². The average Bonchev–Trinajstić information content (AvgIpc) is 2.83. The maximum Gasteiger partial charge on any atom is 0.225 e. The zero-order valence-electron chi connectivity index (χ0n) is 20.7. The van der Waals surface area contributed by atoms with Crippen LogP contribution in [0.4, 0.5) is 11.4 Å². The van der Waals surface area contributed by atoms with Crippen LogP contribution in [0.2, 0.25) is 10.0 Å². The second-order valence-corrected chi connectivity index (χ2v) is 10.9. The van der Waals surface area contributed by atoms with Crippen molar-refractivity contribution in [3.05, 3.63) is 57.6 Å². The Hall–Kier alpha value is -1.99. The maximum atomic E-state index is 12.9. The van der Waals surface area contributed by atoms with Crippen molar-refractivity contribution in [1.82, 2.24) is 4.90 Å². The van der Waals surface area contributed by atoms with Crippen molar-refractivity contribution in [2.75, 3.05) is 49.6 Å². The molecule has 1 amide bonds. The van der Waals surface area contributed by atoms with Gasteiger partial charge in [-0.25, -0.2) is 0 Å². The van der Waals surface area contributed by atoms with Crippen molar-refractivity contribution in [3.63, 3.8) is 0 Å². The van der Waals surface area contributed by atoms with Gasteiger partial charge in [-0.05, 0) is 63.4 Å². The molecule has 1 atom stereocenters. The predicted octanol–water partition coefficient (Wildman–Crippen LogP) is 5.47. The summed E-state index contributed by atoms with van der Waals surface area (Å²) >= 11 is 12.5. The highest BCUT2D eigenvalue weighted by atomic mass is 35.5. The third kappa shape index (κ3) is 6.23. The summed E-state index contributed by atoms with van der Waals surface area (Å²) in [5.74, 6) is 0.339. The summed E-state index contributed by atoms with van der Waals surface area (Å²) in [6.07, 6.45) is 1.67. The molecule has 2 heterocycles. The zero-order valence-corrected chi connectivity index (χ0v) is 22.2. The van der Waals surface area contributed by atoms with Gasteiger partial charge in [-0.2, -0.15) is 0 Å². The lowest BCUT2D eigenvalue weighted by Crippen LogP contribution is -2.46. The number of ether oxygens (including phenoxy) is 1. The van der Waals surface area contributed by atoms with Crippen LogP contribution in [0.3, 0.4) is 0 Å². The summed E-state index contributed by atoms with van der Waals surface area (Å²) in [4.78, 5) is 17.2. The highest BCUT2D eigenvalue weighted by Gasteiger charge is 2.30. The quantitative estimate of drug-likeness (QED) is 0.529. The minimum Gasteiger partial charge on any atom is -0.386 e. The lowest BCUT2D eigenvalue weighted by molar-refractivity contribution is -0.140. The molecular formula is C27H35Cl2N3O3. The molecule has 190 valence electrons. The van der Waals surface area contributed by atoms with Crippen molar-refractivity contribution < 1.29 is 14.6 Å². The van der Waals surface area contributed by atoms with E-state index in [0.717, 1.165) is 48.4 Å². The number of aliphatic hydroxyl groups is 1. The number of benzene rings is 2. The van der Waals surface area contributed by atoms with E-state index in [-0.39, 0.29) is 17.9 Å². The minimum atomic E-state index is -1.01. The van der Waals surface area contributed by atoms with Gasteiger partial charge in [0.05, 0.1) is 24.9 Å². The fraction of sp³-hybridized carbons (Fsp3) is 0.519. The van der Waals surface area contributed by atoms with Crippen LogP contribution in [0.15, 0.2) is 36.4 Å². The summed E-state index contributed by atoms with van der Waals surface area (Å²) < 4.78 is 5.39. The van der Waals surface area contributed by atoms with Crippen LogP contribution in [-0.2, 0) is 15.1 Å². The smallest absolute Gasteiger partial charge is 0.225 e. The van der Waals surface area contributed by atoms with Gasteiger partial charge >= 0.3 is 0 Å². The Labute approximate surface area is 218 Å². The molecule has 2 fully saturated rings. The van der Waals surface area contributed by atoms with E-state index in [1.165, 1.54) is 0 Å². The Kier molecular flexibility index (Phi) is 8.16. The summed E-state index contributed by atoms with van der Waals surface area (Å²) in [6, 6.07) is 11.5. The standard InChI is InChI=1S/C27H35Cl2N3O3/c1-18(22-6-4-20(28)16-24(22)29)30-25-17-21(5-7-23(25)27(2,3)34)31-10-8-19(9-11-31)26(33)32-12-14-35-15-13-32/h4-7,16-19,30,34H,8-15H2,1-3H3. The van der Waals surface area contributed by atoms with Gasteiger partial charge in [-0.15, -0.1) is 0 Å². The third-order valence-corrected chi connectivity index (χ3v) is 7.56. The van der Waals surface area contributed by atoms with Crippen molar-refractivity contribution in [2.24, 2.45) is 5.92 Å². The van der Waals surface area contributed by atoms with E-state index in [0.29, 0.717) is 36.3 Å². The number of anilines is 2. The molecule has 2 aliphatic rings. The van der Waals surface area contributed by atoms with Crippen LogP contribution in [-0.4, -0.2) is 55.3 Å². The Morgan fingerprint density at radius 1 is 1.09 bits per heavy atom. The SMILES string of the molecule is CC(Nc1cc(N2CCC(C(=O)N3CCOCC3)CC2)ccc1C(C)(C)O)c1ccc(Cl)cc1Cl. The first-order valence-corrected chi connectivity index (χ1v) is 13.1. The van der Waals surface area contributed by atoms with Gasteiger partial charge in [0, 0.05) is 59.1 Å². The van der Waals surface area contributed by atoms with Crippen LogP contribution < -0.4 is 10.2 Å². The number of morpholine rings is 1. The molecule has 0 radical (unpaired) electrons. The molecule has 6 nitrogen and oxygen atoms in total. The van der Waals surface area contributed by atoms with E-state index < -0.39 is 5.60 Å². The van der Waals surface area contributed by atoms with E-state index in [2.05, 4.69) is 22.3 Å². The number of halogens is 2. The molecule has 2 saturated heterocycles. The number of nitrogens with one attached hydrogen (secondary N) is 1. The lowest BCUT2D eigenvalue weighted by Gasteiger charge is -2.37. The molecule has 8 heteroatoms. The van der Waals surface area contributed by atoms with Crippen LogP contribution in [0.1, 0.15) is 50.8 Å².